The van der Waals surface area contributed by atoms with Crippen molar-refractivity contribution in [2.24, 2.45) is 0 Å². The van der Waals surface area contributed by atoms with Crippen LogP contribution in [0.15, 0.2) is 48.5 Å². The Hall–Kier alpha value is -2.33. The van der Waals surface area contributed by atoms with Crippen LogP contribution < -0.4 is 10.2 Å². The van der Waals surface area contributed by atoms with Crippen LogP contribution in [0.4, 0.5) is 5.69 Å². The number of amides is 1. The van der Waals surface area contributed by atoms with Crippen LogP contribution in [0.3, 0.4) is 0 Å². The average Bonchev–Trinajstić information content (AvgIpc) is 3.17. The summed E-state index contributed by atoms with van der Waals surface area (Å²) in [7, 11) is 4.10. The summed E-state index contributed by atoms with van der Waals surface area (Å²) in [6.07, 6.45) is 2.47. The van der Waals surface area contributed by atoms with Gasteiger partial charge in [0.15, 0.2) is 0 Å². The van der Waals surface area contributed by atoms with Gasteiger partial charge in [0.25, 0.3) is 5.91 Å². The molecule has 1 aliphatic rings. The minimum Gasteiger partial charge on any atom is -0.378 e. The number of nitrogens with one attached hydrogen (secondary N) is 1. The smallest absolute Gasteiger partial charge is 0.251 e. The Morgan fingerprint density at radius 2 is 1.65 bits per heavy atom. The highest BCUT2D eigenvalue weighted by atomic mass is 16.1. The molecule has 0 saturated carbocycles. The van der Waals surface area contributed by atoms with Gasteiger partial charge in [-0.05, 0) is 62.7 Å². The van der Waals surface area contributed by atoms with Crippen molar-refractivity contribution in [3.8, 4) is 0 Å². The van der Waals surface area contributed by atoms with Crippen molar-refractivity contribution in [1.82, 2.24) is 10.2 Å². The molecule has 0 aromatic heterocycles. The Morgan fingerprint density at radius 3 is 2.23 bits per heavy atom. The maximum Gasteiger partial charge on any atom is 0.251 e. The first-order valence-electron chi connectivity index (χ1n) is 9.41. The summed E-state index contributed by atoms with van der Waals surface area (Å²) in [4.78, 5) is 17.1. The number of hydrogen-bond acceptors (Lipinski definition) is 3. The third-order valence-corrected chi connectivity index (χ3v) is 5.15. The van der Waals surface area contributed by atoms with E-state index in [9.17, 15) is 4.79 Å². The van der Waals surface area contributed by atoms with Gasteiger partial charge in [-0.25, -0.2) is 0 Å². The third kappa shape index (κ3) is 4.44. The van der Waals surface area contributed by atoms with Crippen molar-refractivity contribution >= 4 is 11.6 Å². The number of hydrogen-bond donors (Lipinski definition) is 1. The lowest BCUT2D eigenvalue weighted by Gasteiger charge is -2.28. The first-order valence-corrected chi connectivity index (χ1v) is 9.41. The van der Waals surface area contributed by atoms with Gasteiger partial charge in [-0.2, -0.15) is 0 Å². The summed E-state index contributed by atoms with van der Waals surface area (Å²) in [5.74, 6) is -0.000825. The monoisotopic (exact) mass is 351 g/mol. The predicted octanol–water partition coefficient (Wildman–Crippen LogP) is 3.63. The zero-order valence-electron chi connectivity index (χ0n) is 16.0. The molecule has 1 heterocycles. The van der Waals surface area contributed by atoms with E-state index in [0.717, 1.165) is 24.2 Å². The fourth-order valence-electron chi connectivity index (χ4n) is 3.50. The van der Waals surface area contributed by atoms with Gasteiger partial charge in [0, 0.05) is 31.9 Å². The van der Waals surface area contributed by atoms with Gasteiger partial charge in [-0.3, -0.25) is 9.69 Å². The quantitative estimate of drug-likeness (QED) is 0.863. The summed E-state index contributed by atoms with van der Waals surface area (Å²) < 4.78 is 0. The highest BCUT2D eigenvalue weighted by Crippen LogP contribution is 2.26. The lowest BCUT2D eigenvalue weighted by atomic mass is 10.0. The molecule has 0 spiro atoms. The number of nitrogens with zero attached hydrogens (tertiary/aromatic N) is 2. The van der Waals surface area contributed by atoms with Crippen molar-refractivity contribution in [2.45, 2.75) is 25.8 Å². The fraction of sp³-hybridized carbons (Fsp3) is 0.409. The molecule has 1 fully saturated rings. The van der Waals surface area contributed by atoms with Crippen LogP contribution in [-0.2, 0) is 0 Å². The number of carbonyl (C=O) groups is 1. The number of rotatable bonds is 6. The fourth-order valence-corrected chi connectivity index (χ4v) is 3.50. The molecule has 2 aromatic rings. The Kier molecular flexibility index (Phi) is 5.94. The normalized spacial score (nSPS) is 15.7. The lowest BCUT2D eigenvalue weighted by molar-refractivity contribution is 0.0938. The van der Waals surface area contributed by atoms with E-state index in [0.29, 0.717) is 6.54 Å². The van der Waals surface area contributed by atoms with Gasteiger partial charge < -0.3 is 10.2 Å². The van der Waals surface area contributed by atoms with Gasteiger partial charge in [0.1, 0.15) is 0 Å². The number of carbonyl (C=O) groups excluding carboxylic acids is 1. The molecule has 1 amide bonds. The molecule has 1 aliphatic heterocycles. The molecule has 2 aromatic carbocycles. The first kappa shape index (κ1) is 18.5. The zero-order chi connectivity index (χ0) is 18.5. The molecule has 138 valence electrons. The van der Waals surface area contributed by atoms with Crippen molar-refractivity contribution in [3.05, 3.63) is 65.2 Å². The van der Waals surface area contributed by atoms with Crippen LogP contribution in [0.2, 0.25) is 0 Å². The molecule has 0 unspecified atom stereocenters. The molecule has 4 nitrogen and oxygen atoms in total. The topological polar surface area (TPSA) is 35.6 Å². The molecule has 26 heavy (non-hydrogen) atoms. The Balaban J connectivity index is 1.72. The van der Waals surface area contributed by atoms with E-state index < -0.39 is 0 Å². The highest BCUT2D eigenvalue weighted by molar-refractivity contribution is 5.94. The SMILES string of the molecule is Cc1ccc(C(=O)NC[C@H](c2ccc(N(C)C)cc2)N2CCCC2)cc1. The van der Waals surface area contributed by atoms with Gasteiger partial charge in [-0.15, -0.1) is 0 Å². The summed E-state index contributed by atoms with van der Waals surface area (Å²) in [6, 6.07) is 16.7. The molecular weight excluding hydrogens is 322 g/mol. The molecule has 0 aliphatic carbocycles. The maximum atomic E-state index is 12.5. The standard InChI is InChI=1S/C22H29N3O/c1-17-6-8-19(9-7-17)22(26)23-16-21(25-14-4-5-15-25)18-10-12-20(13-11-18)24(2)3/h6-13,21H,4-5,14-16H2,1-3H3,(H,23,26)/t21-/m1/s1. The van der Waals surface area contributed by atoms with Crippen molar-refractivity contribution in [2.75, 3.05) is 38.6 Å². The molecule has 1 saturated heterocycles. The molecule has 4 heteroatoms. The Bertz CT molecular complexity index is 716. The van der Waals surface area contributed by atoms with Crippen molar-refractivity contribution in [3.63, 3.8) is 0 Å². The maximum absolute atomic E-state index is 12.5. The van der Waals surface area contributed by atoms with Gasteiger partial charge >= 0.3 is 0 Å². The van der Waals surface area contributed by atoms with E-state index in [4.69, 9.17) is 0 Å². The van der Waals surface area contributed by atoms with E-state index in [-0.39, 0.29) is 11.9 Å². The second kappa shape index (κ2) is 8.37. The minimum absolute atomic E-state index is 0.000825. The van der Waals surface area contributed by atoms with E-state index in [2.05, 4.69) is 53.5 Å². The second-order valence-corrected chi connectivity index (χ2v) is 7.32. The minimum atomic E-state index is -0.000825. The molecule has 3 rings (SSSR count). The Morgan fingerprint density at radius 1 is 1.04 bits per heavy atom. The van der Waals surface area contributed by atoms with E-state index in [1.165, 1.54) is 24.1 Å². The van der Waals surface area contributed by atoms with Crippen LogP contribution in [-0.4, -0.2) is 44.5 Å². The molecule has 1 atom stereocenters. The molecular formula is C22H29N3O. The summed E-state index contributed by atoms with van der Waals surface area (Å²) in [5, 5.41) is 3.14. The van der Waals surface area contributed by atoms with Crippen LogP contribution in [0.25, 0.3) is 0 Å². The summed E-state index contributed by atoms with van der Waals surface area (Å²) in [6.45, 7) is 4.86. The van der Waals surface area contributed by atoms with Crippen LogP contribution >= 0.6 is 0 Å². The second-order valence-electron chi connectivity index (χ2n) is 7.32. The predicted molar refractivity (Wildman–Crippen MR) is 108 cm³/mol. The summed E-state index contributed by atoms with van der Waals surface area (Å²) in [5.41, 5.74) is 4.34. The Labute approximate surface area is 156 Å². The number of aryl methyl sites for hydroxylation is 1. The largest absolute Gasteiger partial charge is 0.378 e. The first-order chi connectivity index (χ1) is 12.5. The average molecular weight is 351 g/mol. The van der Waals surface area contributed by atoms with Crippen LogP contribution in [0.5, 0.6) is 0 Å². The van der Waals surface area contributed by atoms with Gasteiger partial charge in [0.05, 0.1) is 6.04 Å². The highest BCUT2D eigenvalue weighted by Gasteiger charge is 2.24. The summed E-state index contributed by atoms with van der Waals surface area (Å²) >= 11 is 0. The lowest BCUT2D eigenvalue weighted by Crippen LogP contribution is -2.36. The van der Waals surface area contributed by atoms with Crippen molar-refractivity contribution in [1.29, 1.82) is 0 Å². The van der Waals surface area contributed by atoms with E-state index in [1.54, 1.807) is 0 Å². The third-order valence-electron chi connectivity index (χ3n) is 5.15. The van der Waals surface area contributed by atoms with Crippen LogP contribution in [0, 0.1) is 6.92 Å². The number of anilines is 1. The van der Waals surface area contributed by atoms with E-state index >= 15 is 0 Å². The zero-order valence-corrected chi connectivity index (χ0v) is 16.0. The molecule has 1 N–H and O–H groups in total. The van der Waals surface area contributed by atoms with Crippen LogP contribution in [0.1, 0.15) is 40.4 Å². The van der Waals surface area contributed by atoms with Crippen molar-refractivity contribution < 1.29 is 4.79 Å². The van der Waals surface area contributed by atoms with Gasteiger partial charge in [0.2, 0.25) is 0 Å². The molecule has 0 radical (unpaired) electrons. The van der Waals surface area contributed by atoms with Gasteiger partial charge in [-0.1, -0.05) is 29.8 Å². The molecule has 0 bridgehead atoms. The number of likely N-dealkylation sites (tertiary alicyclic amines) is 1. The van der Waals surface area contributed by atoms with E-state index in [1.807, 2.05) is 31.2 Å². The number of benzene rings is 2.